The second kappa shape index (κ2) is 9.53. The molecule has 5 heteroatoms. The van der Waals surface area contributed by atoms with Crippen molar-refractivity contribution in [2.45, 2.75) is 58.1 Å². The Morgan fingerprint density at radius 3 is 2.58 bits per heavy atom. The largest absolute Gasteiger partial charge is 0.478 e. The number of hydrogen-bond acceptors (Lipinski definition) is 3. The van der Waals surface area contributed by atoms with Crippen LogP contribution in [-0.2, 0) is 11.2 Å². The summed E-state index contributed by atoms with van der Waals surface area (Å²) in [5.41, 5.74) is 1.27. The van der Waals surface area contributed by atoms with Crippen molar-refractivity contribution in [2.24, 2.45) is 5.92 Å². The molecule has 0 radical (unpaired) electrons. The van der Waals surface area contributed by atoms with Crippen LogP contribution in [0.4, 0.5) is 0 Å². The second-order valence-corrected chi connectivity index (χ2v) is 7.37. The van der Waals surface area contributed by atoms with Crippen LogP contribution in [0.5, 0.6) is 0 Å². The summed E-state index contributed by atoms with van der Waals surface area (Å²) in [6.07, 6.45) is 7.05. The number of benzene rings is 1. The van der Waals surface area contributed by atoms with Crippen molar-refractivity contribution >= 4 is 11.9 Å². The van der Waals surface area contributed by atoms with Crippen molar-refractivity contribution in [3.05, 3.63) is 47.5 Å². The van der Waals surface area contributed by atoms with Crippen molar-refractivity contribution < 1.29 is 19.8 Å². The topological polar surface area (TPSA) is 77.8 Å². The fourth-order valence-corrected chi connectivity index (χ4v) is 3.17. The zero-order chi connectivity index (χ0) is 19.1. The summed E-state index contributed by atoms with van der Waals surface area (Å²) in [6, 6.07) is 6.81. The normalized spacial score (nSPS) is 18.8. The molecule has 1 aliphatic rings. The summed E-state index contributed by atoms with van der Waals surface area (Å²) in [7, 11) is 0. The molecule has 2 unspecified atom stereocenters. The maximum Gasteiger partial charge on any atom is 0.335 e. The molecule has 0 saturated carbocycles. The lowest BCUT2D eigenvalue weighted by Crippen LogP contribution is -2.33. The Morgan fingerprint density at radius 1 is 1.27 bits per heavy atom. The van der Waals surface area contributed by atoms with Gasteiger partial charge in [-0.05, 0) is 49.3 Å². The zero-order valence-electron chi connectivity index (χ0n) is 15.6. The van der Waals surface area contributed by atoms with Gasteiger partial charge in [-0.15, -0.1) is 0 Å². The van der Waals surface area contributed by atoms with E-state index >= 15 is 0 Å². The Bertz CT molecular complexity index is 636. The molecule has 1 saturated heterocycles. The average molecular weight is 359 g/mol. The maximum atomic E-state index is 12.2. The van der Waals surface area contributed by atoms with Crippen LogP contribution in [0.15, 0.2) is 36.4 Å². The van der Waals surface area contributed by atoms with Crippen LogP contribution in [0.25, 0.3) is 0 Å². The van der Waals surface area contributed by atoms with Gasteiger partial charge in [0.2, 0.25) is 5.91 Å². The van der Waals surface area contributed by atoms with Gasteiger partial charge >= 0.3 is 5.97 Å². The number of hydrogen-bond donors (Lipinski definition) is 2. The van der Waals surface area contributed by atoms with E-state index in [1.807, 2.05) is 17.1 Å². The molecule has 26 heavy (non-hydrogen) atoms. The number of amides is 1. The second-order valence-electron chi connectivity index (χ2n) is 7.37. The van der Waals surface area contributed by atoms with Crippen molar-refractivity contribution in [1.82, 2.24) is 4.90 Å². The molecule has 1 aromatic carbocycles. The summed E-state index contributed by atoms with van der Waals surface area (Å²) in [5, 5.41) is 19.0. The number of carboxylic acid groups (broad SMARTS) is 1. The van der Waals surface area contributed by atoms with E-state index in [-0.39, 0.29) is 17.5 Å². The summed E-state index contributed by atoms with van der Waals surface area (Å²) in [6.45, 7) is 4.87. The molecule has 2 atom stereocenters. The van der Waals surface area contributed by atoms with E-state index in [1.165, 1.54) is 0 Å². The highest BCUT2D eigenvalue weighted by atomic mass is 16.4. The first-order valence-corrected chi connectivity index (χ1v) is 9.35. The van der Waals surface area contributed by atoms with Crippen LogP contribution in [-0.4, -0.2) is 45.7 Å². The Labute approximate surface area is 155 Å². The van der Waals surface area contributed by atoms with Gasteiger partial charge in [-0.1, -0.05) is 38.1 Å². The molecule has 1 heterocycles. The molecule has 0 bridgehead atoms. The Hall–Kier alpha value is -2.14. The number of carboxylic acids is 1. The first kappa shape index (κ1) is 20.2. The van der Waals surface area contributed by atoms with Crippen molar-refractivity contribution in [2.75, 3.05) is 6.54 Å². The standard InChI is InChI=1S/C21H29NO4/c1-15(2)3-10-19(23)11-8-18-9-12-20(24)22(18)14-13-16-4-6-17(7-5-16)21(25)26/h4-8,11,15,18-19,23H,3,9-10,12-14H2,1-2H3,(H,25,26)/b11-8-. The molecule has 0 aromatic heterocycles. The lowest BCUT2D eigenvalue weighted by atomic mass is 10.0. The molecule has 142 valence electrons. The molecule has 0 aliphatic carbocycles. The Balaban J connectivity index is 1.89. The van der Waals surface area contributed by atoms with Crippen molar-refractivity contribution in [3.8, 4) is 0 Å². The minimum Gasteiger partial charge on any atom is -0.478 e. The highest BCUT2D eigenvalue weighted by Gasteiger charge is 2.28. The Kier molecular flexibility index (Phi) is 7.39. The number of likely N-dealkylation sites (tertiary alicyclic amines) is 1. The quantitative estimate of drug-likeness (QED) is 0.663. The number of aliphatic hydroxyl groups is 1. The summed E-state index contributed by atoms with van der Waals surface area (Å²) in [5.74, 6) is -0.235. The van der Waals surface area contributed by atoms with E-state index in [0.29, 0.717) is 25.3 Å². The van der Waals surface area contributed by atoms with Crippen LogP contribution in [0.3, 0.4) is 0 Å². The number of rotatable bonds is 9. The van der Waals surface area contributed by atoms with Crippen LogP contribution in [0.1, 0.15) is 55.5 Å². The molecule has 1 aromatic rings. The van der Waals surface area contributed by atoms with E-state index in [9.17, 15) is 14.7 Å². The third-order valence-corrected chi connectivity index (χ3v) is 4.81. The molecular weight excluding hydrogens is 330 g/mol. The molecule has 5 nitrogen and oxygen atoms in total. The number of carbonyl (C=O) groups is 2. The number of aliphatic hydroxyl groups excluding tert-OH is 1. The fraction of sp³-hybridized carbons (Fsp3) is 0.524. The predicted octanol–water partition coefficient (Wildman–Crippen LogP) is 3.27. The fourth-order valence-electron chi connectivity index (χ4n) is 3.17. The number of carbonyl (C=O) groups excluding carboxylic acids is 1. The first-order chi connectivity index (χ1) is 12.4. The van der Waals surface area contributed by atoms with E-state index < -0.39 is 12.1 Å². The van der Waals surface area contributed by atoms with Gasteiger partial charge in [0.1, 0.15) is 0 Å². The third-order valence-electron chi connectivity index (χ3n) is 4.81. The van der Waals surface area contributed by atoms with Gasteiger partial charge in [0.05, 0.1) is 17.7 Å². The minimum atomic E-state index is -0.938. The van der Waals surface area contributed by atoms with Crippen molar-refractivity contribution in [3.63, 3.8) is 0 Å². The average Bonchev–Trinajstić information content (AvgIpc) is 2.96. The molecule has 1 fully saturated rings. The lowest BCUT2D eigenvalue weighted by molar-refractivity contribution is -0.128. The summed E-state index contributed by atoms with van der Waals surface area (Å²) >= 11 is 0. The van der Waals surface area contributed by atoms with E-state index in [2.05, 4.69) is 13.8 Å². The molecule has 2 rings (SSSR count). The lowest BCUT2D eigenvalue weighted by Gasteiger charge is -2.23. The van der Waals surface area contributed by atoms with Gasteiger partial charge in [0.15, 0.2) is 0 Å². The SMILES string of the molecule is CC(C)CCC(O)/C=C\C1CCC(=O)N1CCc1ccc(C(=O)O)cc1. The molecular formula is C21H29NO4. The maximum absolute atomic E-state index is 12.2. The smallest absolute Gasteiger partial charge is 0.335 e. The van der Waals surface area contributed by atoms with Crippen LogP contribution >= 0.6 is 0 Å². The Morgan fingerprint density at radius 2 is 1.96 bits per heavy atom. The monoisotopic (exact) mass is 359 g/mol. The number of nitrogens with zero attached hydrogens (tertiary/aromatic N) is 1. The summed E-state index contributed by atoms with van der Waals surface area (Å²) < 4.78 is 0. The first-order valence-electron chi connectivity index (χ1n) is 9.35. The molecule has 1 amide bonds. The van der Waals surface area contributed by atoms with E-state index in [1.54, 1.807) is 24.3 Å². The van der Waals surface area contributed by atoms with Crippen LogP contribution in [0, 0.1) is 5.92 Å². The van der Waals surface area contributed by atoms with Crippen LogP contribution < -0.4 is 0 Å². The summed E-state index contributed by atoms with van der Waals surface area (Å²) in [4.78, 5) is 24.9. The van der Waals surface area contributed by atoms with Gasteiger partial charge in [0.25, 0.3) is 0 Å². The predicted molar refractivity (Wildman–Crippen MR) is 101 cm³/mol. The van der Waals surface area contributed by atoms with Gasteiger partial charge < -0.3 is 15.1 Å². The van der Waals surface area contributed by atoms with Gasteiger partial charge in [-0.25, -0.2) is 4.79 Å². The van der Waals surface area contributed by atoms with E-state index in [4.69, 9.17) is 5.11 Å². The van der Waals surface area contributed by atoms with Gasteiger partial charge in [0, 0.05) is 13.0 Å². The van der Waals surface area contributed by atoms with Crippen molar-refractivity contribution in [1.29, 1.82) is 0 Å². The zero-order valence-corrected chi connectivity index (χ0v) is 15.6. The van der Waals surface area contributed by atoms with Gasteiger partial charge in [-0.2, -0.15) is 0 Å². The molecule has 2 N–H and O–H groups in total. The third kappa shape index (κ3) is 5.99. The molecule has 1 aliphatic heterocycles. The highest BCUT2D eigenvalue weighted by Crippen LogP contribution is 2.21. The van der Waals surface area contributed by atoms with Gasteiger partial charge in [-0.3, -0.25) is 4.79 Å². The van der Waals surface area contributed by atoms with Crippen LogP contribution in [0.2, 0.25) is 0 Å². The molecule has 0 spiro atoms. The van der Waals surface area contributed by atoms with E-state index in [0.717, 1.165) is 24.8 Å². The number of aromatic carboxylic acids is 1. The minimum absolute atomic E-state index is 0.0366. The highest BCUT2D eigenvalue weighted by molar-refractivity contribution is 5.87.